The van der Waals surface area contributed by atoms with Crippen LogP contribution in [0.2, 0.25) is 5.02 Å². The van der Waals surface area contributed by atoms with Crippen molar-refractivity contribution in [2.45, 2.75) is 6.54 Å². The molecule has 8 heteroatoms. The third-order valence-electron chi connectivity index (χ3n) is 4.57. The lowest BCUT2D eigenvalue weighted by atomic mass is 10.2. The van der Waals surface area contributed by atoms with Gasteiger partial charge in [-0.2, -0.15) is 5.10 Å². The third kappa shape index (κ3) is 6.04. The minimum Gasteiger partial charge on any atom is -0.507 e. The van der Waals surface area contributed by atoms with Gasteiger partial charge in [0.15, 0.2) is 0 Å². The van der Waals surface area contributed by atoms with E-state index in [9.17, 15) is 9.90 Å². The molecule has 148 valence electrons. The molecular weight excluding hydrogens is 444 g/mol. The topological polar surface area (TPSA) is 68.2 Å². The molecule has 1 fully saturated rings. The molecule has 2 aromatic carbocycles. The molecule has 2 aromatic rings. The van der Waals surface area contributed by atoms with Crippen molar-refractivity contribution in [2.75, 3.05) is 32.7 Å². The Morgan fingerprint density at radius 1 is 1.18 bits per heavy atom. The number of halogens is 2. The van der Waals surface area contributed by atoms with Crippen molar-refractivity contribution in [1.29, 1.82) is 0 Å². The summed E-state index contributed by atoms with van der Waals surface area (Å²) in [6.45, 7) is 4.51. The minimum absolute atomic E-state index is 0.107. The van der Waals surface area contributed by atoms with Gasteiger partial charge in [0.25, 0.3) is 5.91 Å². The van der Waals surface area contributed by atoms with Gasteiger partial charge in [-0.3, -0.25) is 14.6 Å². The van der Waals surface area contributed by atoms with Crippen molar-refractivity contribution in [1.82, 2.24) is 15.2 Å². The first-order chi connectivity index (χ1) is 13.5. The van der Waals surface area contributed by atoms with Gasteiger partial charge >= 0.3 is 0 Å². The SMILES string of the molecule is O=C(CN1CCN(Cc2ccccc2Cl)CC1)N/N=C/c1cc(Br)ccc1O. The highest BCUT2D eigenvalue weighted by Crippen LogP contribution is 2.20. The van der Waals surface area contributed by atoms with Crippen molar-refractivity contribution in [3.8, 4) is 5.75 Å². The number of hydrogen-bond donors (Lipinski definition) is 2. The van der Waals surface area contributed by atoms with Gasteiger partial charge in [-0.25, -0.2) is 5.43 Å². The van der Waals surface area contributed by atoms with E-state index in [0.29, 0.717) is 12.1 Å². The van der Waals surface area contributed by atoms with Crippen LogP contribution in [0.4, 0.5) is 0 Å². The lowest BCUT2D eigenvalue weighted by Crippen LogP contribution is -2.48. The third-order valence-corrected chi connectivity index (χ3v) is 5.43. The smallest absolute Gasteiger partial charge is 0.254 e. The van der Waals surface area contributed by atoms with Crippen molar-refractivity contribution in [2.24, 2.45) is 5.10 Å². The highest BCUT2D eigenvalue weighted by atomic mass is 79.9. The second-order valence-electron chi connectivity index (χ2n) is 6.64. The number of nitrogens with one attached hydrogen (secondary N) is 1. The number of benzene rings is 2. The maximum absolute atomic E-state index is 12.1. The first-order valence-corrected chi connectivity index (χ1v) is 10.2. The molecule has 0 aromatic heterocycles. The fourth-order valence-corrected chi connectivity index (χ4v) is 3.59. The number of phenolic OH excluding ortho intramolecular Hbond substituents is 1. The average molecular weight is 466 g/mol. The van der Waals surface area contributed by atoms with E-state index in [1.807, 2.05) is 24.3 Å². The van der Waals surface area contributed by atoms with E-state index in [1.165, 1.54) is 6.21 Å². The summed E-state index contributed by atoms with van der Waals surface area (Å²) in [5, 5.41) is 14.5. The number of hydrogen-bond acceptors (Lipinski definition) is 5. The quantitative estimate of drug-likeness (QED) is 0.508. The molecule has 1 amide bonds. The van der Waals surface area contributed by atoms with E-state index < -0.39 is 0 Å². The Bertz CT molecular complexity index is 854. The lowest BCUT2D eigenvalue weighted by molar-refractivity contribution is -0.122. The summed E-state index contributed by atoms with van der Waals surface area (Å²) >= 11 is 9.56. The van der Waals surface area contributed by atoms with Gasteiger partial charge in [-0.15, -0.1) is 0 Å². The Labute approximate surface area is 177 Å². The Morgan fingerprint density at radius 2 is 1.89 bits per heavy atom. The molecule has 0 radical (unpaired) electrons. The first kappa shape index (κ1) is 20.8. The van der Waals surface area contributed by atoms with Crippen molar-refractivity contribution >= 4 is 39.7 Å². The molecule has 6 nitrogen and oxygen atoms in total. The zero-order valence-corrected chi connectivity index (χ0v) is 17.7. The van der Waals surface area contributed by atoms with Crippen LogP contribution in [0.5, 0.6) is 5.75 Å². The molecule has 1 aliphatic rings. The number of aromatic hydroxyl groups is 1. The zero-order chi connectivity index (χ0) is 19.9. The molecule has 1 saturated heterocycles. The van der Waals surface area contributed by atoms with Crippen LogP contribution in [0.3, 0.4) is 0 Å². The molecule has 0 spiro atoms. The Morgan fingerprint density at radius 3 is 2.64 bits per heavy atom. The largest absolute Gasteiger partial charge is 0.507 e. The maximum atomic E-state index is 12.1. The summed E-state index contributed by atoms with van der Waals surface area (Å²) in [7, 11) is 0. The molecule has 28 heavy (non-hydrogen) atoms. The van der Waals surface area contributed by atoms with Gasteiger partial charge in [0.05, 0.1) is 12.8 Å². The summed E-state index contributed by atoms with van der Waals surface area (Å²) in [6, 6.07) is 12.9. The molecule has 0 saturated carbocycles. The van der Waals surface area contributed by atoms with Crippen molar-refractivity contribution in [3.05, 3.63) is 63.1 Å². The number of phenols is 1. The summed E-state index contributed by atoms with van der Waals surface area (Å²) in [6.07, 6.45) is 1.43. The highest BCUT2D eigenvalue weighted by molar-refractivity contribution is 9.10. The Hall–Kier alpha value is -1.93. The van der Waals surface area contributed by atoms with Crippen LogP contribution in [0.15, 0.2) is 52.0 Å². The molecule has 1 aliphatic heterocycles. The van der Waals surface area contributed by atoms with Crippen molar-refractivity contribution in [3.63, 3.8) is 0 Å². The zero-order valence-electron chi connectivity index (χ0n) is 15.3. The average Bonchev–Trinajstić information content (AvgIpc) is 2.68. The fourth-order valence-electron chi connectivity index (χ4n) is 3.01. The maximum Gasteiger partial charge on any atom is 0.254 e. The van der Waals surface area contributed by atoms with E-state index in [-0.39, 0.29) is 11.7 Å². The molecule has 0 bridgehead atoms. The normalized spacial score (nSPS) is 15.8. The summed E-state index contributed by atoms with van der Waals surface area (Å²) in [5.74, 6) is -0.0684. The van der Waals surface area contributed by atoms with E-state index in [2.05, 4.69) is 36.3 Å². The van der Waals surface area contributed by atoms with Crippen molar-refractivity contribution < 1.29 is 9.90 Å². The van der Waals surface area contributed by atoms with Crippen LogP contribution in [-0.4, -0.2) is 59.8 Å². The second-order valence-corrected chi connectivity index (χ2v) is 7.96. The number of carbonyl (C=O) groups is 1. The van der Waals surface area contributed by atoms with Crippen LogP contribution >= 0.6 is 27.5 Å². The second kappa shape index (κ2) is 10.0. The molecule has 2 N–H and O–H groups in total. The van der Waals surface area contributed by atoms with Crippen LogP contribution in [-0.2, 0) is 11.3 Å². The van der Waals surface area contributed by atoms with Gasteiger partial charge in [0.1, 0.15) is 5.75 Å². The van der Waals surface area contributed by atoms with Crippen LogP contribution in [0, 0.1) is 0 Å². The number of nitrogens with zero attached hydrogens (tertiary/aromatic N) is 3. The van der Waals surface area contributed by atoms with Crippen LogP contribution in [0.1, 0.15) is 11.1 Å². The summed E-state index contributed by atoms with van der Waals surface area (Å²) in [4.78, 5) is 16.5. The summed E-state index contributed by atoms with van der Waals surface area (Å²) < 4.78 is 0.827. The number of hydrazone groups is 1. The lowest BCUT2D eigenvalue weighted by Gasteiger charge is -2.34. The number of amides is 1. The molecule has 0 atom stereocenters. The predicted molar refractivity (Wildman–Crippen MR) is 115 cm³/mol. The van der Waals surface area contributed by atoms with Gasteiger partial charge < -0.3 is 5.11 Å². The number of rotatable bonds is 6. The van der Waals surface area contributed by atoms with Crippen LogP contribution < -0.4 is 5.43 Å². The van der Waals surface area contributed by atoms with E-state index in [0.717, 1.165) is 47.8 Å². The molecule has 1 heterocycles. The number of piperazine rings is 1. The highest BCUT2D eigenvalue weighted by Gasteiger charge is 2.19. The molecule has 0 unspecified atom stereocenters. The minimum atomic E-state index is -0.176. The fraction of sp³-hybridized carbons (Fsp3) is 0.300. The summed E-state index contributed by atoms with van der Waals surface area (Å²) in [5.41, 5.74) is 4.17. The molecule has 3 rings (SSSR count). The number of carbonyl (C=O) groups excluding carboxylic acids is 1. The van der Waals surface area contributed by atoms with Gasteiger partial charge in [-0.1, -0.05) is 45.7 Å². The predicted octanol–water partition coefficient (Wildman–Crippen LogP) is 3.08. The Kier molecular flexibility index (Phi) is 7.44. The van der Waals surface area contributed by atoms with Crippen LogP contribution in [0.25, 0.3) is 0 Å². The van der Waals surface area contributed by atoms with Gasteiger partial charge in [0.2, 0.25) is 0 Å². The van der Waals surface area contributed by atoms with E-state index in [1.54, 1.807) is 18.2 Å². The first-order valence-electron chi connectivity index (χ1n) is 9.00. The van der Waals surface area contributed by atoms with E-state index >= 15 is 0 Å². The van der Waals surface area contributed by atoms with Gasteiger partial charge in [-0.05, 0) is 29.8 Å². The van der Waals surface area contributed by atoms with Gasteiger partial charge in [0, 0.05) is 47.8 Å². The Balaban J connectivity index is 1.42. The molecular formula is C20H22BrClN4O2. The van der Waals surface area contributed by atoms with E-state index in [4.69, 9.17) is 11.6 Å². The standard InChI is InChI=1S/C20H22BrClN4O2/c21-17-5-6-19(27)16(11-17)12-23-24-20(28)14-26-9-7-25(8-10-26)13-15-3-1-2-4-18(15)22/h1-6,11-12,27H,7-10,13-14H2,(H,24,28)/b23-12+. The molecule has 0 aliphatic carbocycles. The monoisotopic (exact) mass is 464 g/mol.